The van der Waals surface area contributed by atoms with Crippen LogP contribution in [0, 0.1) is 11.8 Å². The van der Waals surface area contributed by atoms with Crippen molar-refractivity contribution in [2.75, 3.05) is 9.80 Å². The predicted molar refractivity (Wildman–Crippen MR) is 278 cm³/mol. The first-order valence-corrected chi connectivity index (χ1v) is 23.4. The molecule has 1 aromatic heterocycles. The van der Waals surface area contributed by atoms with Crippen LogP contribution in [0.2, 0.25) is 0 Å². The molecule has 0 amide bonds. The second kappa shape index (κ2) is 16.3. The average Bonchev–Trinajstić information content (AvgIpc) is 3.83. The van der Waals surface area contributed by atoms with Gasteiger partial charge in [0.25, 0.3) is 0 Å². The molecule has 3 aliphatic rings. The van der Waals surface area contributed by atoms with E-state index in [9.17, 15) is 0 Å². The van der Waals surface area contributed by atoms with E-state index < -0.39 is 0 Å². The van der Waals surface area contributed by atoms with Crippen LogP contribution in [0.4, 0.5) is 22.7 Å². The van der Waals surface area contributed by atoms with Crippen LogP contribution in [0.25, 0.3) is 49.7 Å². The quantitative estimate of drug-likeness (QED) is 0.143. The lowest BCUT2D eigenvalue weighted by Gasteiger charge is -2.32. The van der Waals surface area contributed by atoms with Crippen molar-refractivity contribution >= 4 is 44.6 Å². The van der Waals surface area contributed by atoms with E-state index in [1.165, 1.54) is 83.6 Å². The van der Waals surface area contributed by atoms with Gasteiger partial charge in [-0.2, -0.15) is 0 Å². The Bertz CT molecular complexity index is 3350. The van der Waals surface area contributed by atoms with E-state index in [1.54, 1.807) is 0 Å². The molecule has 0 fully saturated rings. The third-order valence-electron chi connectivity index (χ3n) is 14.3. The van der Waals surface area contributed by atoms with Crippen LogP contribution < -0.4 is 9.80 Å². The van der Waals surface area contributed by atoms with Gasteiger partial charge in [0, 0.05) is 56.0 Å². The number of rotatable bonds is 9. The van der Waals surface area contributed by atoms with E-state index in [2.05, 4.69) is 265 Å². The fourth-order valence-electron chi connectivity index (χ4n) is 10.9. The minimum Gasteiger partial charge on any atom is -0.311 e. The first kappa shape index (κ1) is 39.7. The van der Waals surface area contributed by atoms with Gasteiger partial charge in [0.1, 0.15) is 0 Å². The molecule has 12 rings (SSSR count). The van der Waals surface area contributed by atoms with Crippen LogP contribution >= 0.6 is 0 Å². The van der Waals surface area contributed by atoms with Crippen molar-refractivity contribution in [1.29, 1.82) is 0 Å². The fraction of sp³-hybridized carbons (Fsp3) is 0.111. The Balaban J connectivity index is 0.829. The monoisotopic (exact) mass is 849 g/mol. The first-order chi connectivity index (χ1) is 32.5. The SMILES string of the molecule is CC1(C)c2ccccc2-c2cc(-n3c4ccccc4c4ccc(-c5ccc(N(C6=CCC(C7C=CC(N(c8ccccc8)c8ccccc8)=CC7)C=C6)c6ccccc6)cc5)cc43)ccc21. The highest BCUT2D eigenvalue weighted by atomic mass is 15.2. The van der Waals surface area contributed by atoms with Crippen molar-refractivity contribution in [3.8, 4) is 27.9 Å². The zero-order valence-electron chi connectivity index (χ0n) is 37.4. The Labute approximate surface area is 388 Å². The zero-order valence-corrected chi connectivity index (χ0v) is 37.4. The number of para-hydroxylation sites is 4. The van der Waals surface area contributed by atoms with Crippen LogP contribution in [0.1, 0.15) is 37.8 Å². The highest BCUT2D eigenvalue weighted by Gasteiger charge is 2.35. The maximum atomic E-state index is 2.46. The smallest absolute Gasteiger partial charge is 0.0547 e. The third-order valence-corrected chi connectivity index (χ3v) is 14.3. The van der Waals surface area contributed by atoms with Gasteiger partial charge >= 0.3 is 0 Å². The highest BCUT2D eigenvalue weighted by Crippen LogP contribution is 2.50. The molecule has 0 saturated carbocycles. The van der Waals surface area contributed by atoms with Gasteiger partial charge in [-0.15, -0.1) is 0 Å². The maximum absolute atomic E-state index is 2.46. The molecule has 0 spiro atoms. The van der Waals surface area contributed by atoms with E-state index in [0.29, 0.717) is 11.8 Å². The Kier molecular flexibility index (Phi) is 9.79. The Morgan fingerprint density at radius 1 is 0.424 bits per heavy atom. The number of nitrogens with zero attached hydrogens (tertiary/aromatic N) is 3. The van der Waals surface area contributed by atoms with Crippen LogP contribution in [0.5, 0.6) is 0 Å². The largest absolute Gasteiger partial charge is 0.311 e. The van der Waals surface area contributed by atoms with Crippen molar-refractivity contribution in [3.05, 3.63) is 259 Å². The second-order valence-corrected chi connectivity index (χ2v) is 18.5. The fourth-order valence-corrected chi connectivity index (χ4v) is 10.9. The summed E-state index contributed by atoms with van der Waals surface area (Å²) in [4.78, 5) is 4.76. The van der Waals surface area contributed by atoms with Gasteiger partial charge in [0.15, 0.2) is 0 Å². The molecule has 3 nitrogen and oxygen atoms in total. The normalized spacial score (nSPS) is 17.0. The number of hydrogen-bond donors (Lipinski definition) is 0. The van der Waals surface area contributed by atoms with E-state index in [1.807, 2.05) is 0 Å². The molecule has 8 aromatic carbocycles. The molecule has 1 heterocycles. The minimum atomic E-state index is -0.0300. The van der Waals surface area contributed by atoms with Gasteiger partial charge in [0.2, 0.25) is 0 Å². The van der Waals surface area contributed by atoms with Gasteiger partial charge in [-0.05, 0) is 143 Å². The molecule has 0 bridgehead atoms. The van der Waals surface area contributed by atoms with Crippen molar-refractivity contribution in [2.24, 2.45) is 11.8 Å². The zero-order chi connectivity index (χ0) is 44.2. The minimum absolute atomic E-state index is 0.0300. The van der Waals surface area contributed by atoms with Gasteiger partial charge in [-0.1, -0.05) is 166 Å². The summed E-state index contributed by atoms with van der Waals surface area (Å²) in [7, 11) is 0. The molecule has 2 unspecified atom stereocenters. The van der Waals surface area contributed by atoms with Gasteiger partial charge in [-0.25, -0.2) is 0 Å². The Hall–Kier alpha value is -7.88. The molecule has 2 atom stereocenters. The molecular weight excluding hydrogens is 799 g/mol. The summed E-state index contributed by atoms with van der Waals surface area (Å²) in [5.74, 6) is 0.859. The lowest BCUT2D eigenvalue weighted by molar-refractivity contribution is 0.474. The van der Waals surface area contributed by atoms with E-state index in [4.69, 9.17) is 0 Å². The Morgan fingerprint density at radius 3 is 1.52 bits per heavy atom. The van der Waals surface area contributed by atoms with Gasteiger partial charge in [0.05, 0.1) is 11.0 Å². The number of allylic oxidation sites excluding steroid dienone is 6. The topological polar surface area (TPSA) is 11.4 Å². The van der Waals surface area contributed by atoms with Gasteiger partial charge in [-0.3, -0.25) is 0 Å². The summed E-state index contributed by atoms with van der Waals surface area (Å²) in [5, 5.41) is 2.53. The van der Waals surface area contributed by atoms with Crippen LogP contribution in [0.15, 0.2) is 248 Å². The van der Waals surface area contributed by atoms with Crippen molar-refractivity contribution in [2.45, 2.75) is 32.1 Å². The van der Waals surface area contributed by atoms with Crippen LogP contribution in [-0.2, 0) is 5.41 Å². The highest BCUT2D eigenvalue weighted by molar-refractivity contribution is 6.10. The first-order valence-electron chi connectivity index (χ1n) is 23.4. The number of benzene rings is 8. The van der Waals surface area contributed by atoms with E-state index in [-0.39, 0.29) is 5.41 Å². The summed E-state index contributed by atoms with van der Waals surface area (Å²) in [6.45, 7) is 4.70. The molecule has 3 heteroatoms. The molecule has 0 aliphatic heterocycles. The van der Waals surface area contributed by atoms with Crippen molar-refractivity contribution in [3.63, 3.8) is 0 Å². The number of fused-ring (bicyclic) bond motifs is 6. The van der Waals surface area contributed by atoms with Crippen LogP contribution in [0.3, 0.4) is 0 Å². The van der Waals surface area contributed by atoms with E-state index in [0.717, 1.165) is 24.2 Å². The lowest BCUT2D eigenvalue weighted by atomic mass is 9.81. The molecule has 318 valence electrons. The molecule has 0 N–H and O–H groups in total. The maximum Gasteiger partial charge on any atom is 0.0547 e. The van der Waals surface area contributed by atoms with Crippen molar-refractivity contribution in [1.82, 2.24) is 4.57 Å². The molecule has 66 heavy (non-hydrogen) atoms. The number of aromatic nitrogens is 1. The molecule has 9 aromatic rings. The molecule has 0 saturated heterocycles. The number of hydrogen-bond acceptors (Lipinski definition) is 2. The summed E-state index contributed by atoms with van der Waals surface area (Å²) in [6, 6.07) is 73.1. The Morgan fingerprint density at radius 2 is 0.924 bits per heavy atom. The average molecular weight is 850 g/mol. The number of anilines is 4. The third kappa shape index (κ3) is 6.82. The van der Waals surface area contributed by atoms with Crippen LogP contribution in [-0.4, -0.2) is 4.57 Å². The molecule has 3 aliphatic carbocycles. The lowest BCUT2D eigenvalue weighted by Crippen LogP contribution is -2.21. The second-order valence-electron chi connectivity index (χ2n) is 18.5. The summed E-state index contributed by atoms with van der Waals surface area (Å²) < 4.78 is 2.46. The molecule has 0 radical (unpaired) electrons. The standard InChI is InChI=1S/C63H51N3/c1-63(2)59-24-14-12-22-55(59)58-43-54(39-41-60(58)63)66-61-25-15-13-23-56(61)57-40-32-47(42-62(57)66)46-30-37-53(38-31-46)65(50-20-10-5-11-21-50)52-35-28-45(29-36-52)44-26-33-51(34-27-44)64(48-16-6-3-7-17-48)49-18-8-4-9-19-49/h3-26,28,30-45H,27,29H2,1-2H3. The predicted octanol–water partition coefficient (Wildman–Crippen LogP) is 16.7. The van der Waals surface area contributed by atoms with E-state index >= 15 is 0 Å². The molecular formula is C63H51N3. The summed E-state index contributed by atoms with van der Waals surface area (Å²) in [6.07, 6.45) is 16.4. The summed E-state index contributed by atoms with van der Waals surface area (Å²) >= 11 is 0. The van der Waals surface area contributed by atoms with Crippen molar-refractivity contribution < 1.29 is 0 Å². The van der Waals surface area contributed by atoms with Gasteiger partial charge < -0.3 is 14.4 Å². The summed E-state index contributed by atoms with van der Waals surface area (Å²) in [5.41, 5.74) is 18.5.